The largest absolute Gasteiger partial charge is 0.326 e. The first-order valence-electron chi connectivity index (χ1n) is 8.88. The van der Waals surface area contributed by atoms with Crippen molar-refractivity contribution in [3.8, 4) is 0 Å². The Labute approximate surface area is 154 Å². The Hall–Kier alpha value is -1.78. The molecule has 0 aliphatic carbocycles. The third-order valence-corrected chi connectivity index (χ3v) is 5.78. The third-order valence-electron chi connectivity index (χ3n) is 4.69. The van der Waals surface area contributed by atoms with E-state index in [1.807, 2.05) is 23.9 Å². The van der Waals surface area contributed by atoms with E-state index in [0.717, 1.165) is 42.9 Å². The number of hydrogen-bond acceptors (Lipinski definition) is 3. The van der Waals surface area contributed by atoms with E-state index in [4.69, 9.17) is 0 Å². The van der Waals surface area contributed by atoms with Crippen LogP contribution < -0.4 is 5.32 Å². The second-order valence-electron chi connectivity index (χ2n) is 6.84. The number of likely N-dealkylation sites (tertiary alicyclic amines) is 1. The van der Waals surface area contributed by atoms with Gasteiger partial charge < -0.3 is 10.2 Å². The summed E-state index contributed by atoms with van der Waals surface area (Å²) in [6.07, 6.45) is 2.09. The Bertz CT molecular complexity index is 717. The molecular formula is C21H26N2OS. The van der Waals surface area contributed by atoms with Crippen LogP contribution in [0.4, 0.5) is 5.69 Å². The monoisotopic (exact) mass is 354 g/mol. The van der Waals surface area contributed by atoms with Gasteiger partial charge in [-0.05, 0) is 62.7 Å². The third kappa shape index (κ3) is 5.10. The molecule has 25 heavy (non-hydrogen) atoms. The molecule has 1 aliphatic heterocycles. The molecule has 1 amide bonds. The molecule has 2 aromatic carbocycles. The second-order valence-corrected chi connectivity index (χ2v) is 7.89. The number of amides is 1. The van der Waals surface area contributed by atoms with Gasteiger partial charge in [0.25, 0.3) is 0 Å². The number of carbonyl (C=O) groups is 1. The summed E-state index contributed by atoms with van der Waals surface area (Å²) in [7, 11) is 2.09. The highest BCUT2D eigenvalue weighted by atomic mass is 32.2. The van der Waals surface area contributed by atoms with Crippen LogP contribution in [0.25, 0.3) is 0 Å². The van der Waals surface area contributed by atoms with Crippen molar-refractivity contribution in [1.82, 2.24) is 4.90 Å². The van der Waals surface area contributed by atoms with E-state index in [1.165, 1.54) is 10.5 Å². The average Bonchev–Trinajstić information content (AvgIpc) is 2.63. The number of carbonyl (C=O) groups excluding carboxylic acids is 1. The lowest BCUT2D eigenvalue weighted by Crippen LogP contribution is -2.38. The molecule has 1 saturated heterocycles. The van der Waals surface area contributed by atoms with Crippen LogP contribution >= 0.6 is 11.8 Å². The van der Waals surface area contributed by atoms with E-state index < -0.39 is 0 Å². The number of aryl methyl sites for hydroxylation is 1. The van der Waals surface area contributed by atoms with E-state index in [-0.39, 0.29) is 11.8 Å². The highest BCUT2D eigenvalue weighted by molar-refractivity contribution is 7.98. The fourth-order valence-electron chi connectivity index (χ4n) is 3.25. The molecule has 3 rings (SSSR count). The van der Waals surface area contributed by atoms with Gasteiger partial charge in [-0.1, -0.05) is 30.3 Å². The Morgan fingerprint density at radius 3 is 2.76 bits per heavy atom. The minimum Gasteiger partial charge on any atom is -0.326 e. The Balaban J connectivity index is 1.58. The van der Waals surface area contributed by atoms with Crippen LogP contribution in [0.15, 0.2) is 53.4 Å². The molecule has 4 heteroatoms. The van der Waals surface area contributed by atoms with Gasteiger partial charge in [-0.3, -0.25) is 4.79 Å². The Morgan fingerprint density at radius 2 is 2.04 bits per heavy atom. The fraction of sp³-hybridized carbons (Fsp3) is 0.381. The van der Waals surface area contributed by atoms with Crippen LogP contribution in [-0.4, -0.2) is 30.9 Å². The predicted octanol–water partition coefficient (Wildman–Crippen LogP) is 4.57. The van der Waals surface area contributed by atoms with Gasteiger partial charge >= 0.3 is 0 Å². The molecule has 1 unspecified atom stereocenters. The highest BCUT2D eigenvalue weighted by Crippen LogP contribution is 2.25. The molecule has 0 saturated carbocycles. The van der Waals surface area contributed by atoms with Crippen molar-refractivity contribution in [1.29, 1.82) is 0 Å². The van der Waals surface area contributed by atoms with Crippen molar-refractivity contribution >= 4 is 23.4 Å². The van der Waals surface area contributed by atoms with Gasteiger partial charge in [0.1, 0.15) is 0 Å². The van der Waals surface area contributed by atoms with Crippen molar-refractivity contribution < 1.29 is 4.79 Å². The van der Waals surface area contributed by atoms with Crippen molar-refractivity contribution in [2.24, 2.45) is 5.92 Å². The normalized spacial score (nSPS) is 18.1. The van der Waals surface area contributed by atoms with E-state index in [1.54, 1.807) is 0 Å². The first kappa shape index (κ1) is 18.0. The number of rotatable bonds is 5. The molecule has 0 bridgehead atoms. The van der Waals surface area contributed by atoms with Crippen LogP contribution in [-0.2, 0) is 10.5 Å². The standard InChI is InChI=1S/C21H26N2OS/c1-16-13-17(15-25-19-8-4-3-5-9-19)10-11-20(16)22-21(24)18-7-6-12-23(2)14-18/h3-5,8-11,13,18H,6-7,12,14-15H2,1-2H3,(H,22,24). The fourth-order valence-corrected chi connectivity index (χ4v) is 4.12. The molecule has 1 fully saturated rings. The second kappa shape index (κ2) is 8.54. The van der Waals surface area contributed by atoms with Gasteiger partial charge in [-0.15, -0.1) is 11.8 Å². The lowest BCUT2D eigenvalue weighted by Gasteiger charge is -2.28. The molecule has 132 valence electrons. The zero-order valence-corrected chi connectivity index (χ0v) is 15.8. The lowest BCUT2D eigenvalue weighted by molar-refractivity contribution is -0.121. The Kier molecular flexibility index (Phi) is 6.16. The first-order chi connectivity index (χ1) is 12.1. The minimum absolute atomic E-state index is 0.103. The van der Waals surface area contributed by atoms with Gasteiger partial charge in [0.05, 0.1) is 5.92 Å². The molecule has 2 aromatic rings. The van der Waals surface area contributed by atoms with Crippen LogP contribution in [0.1, 0.15) is 24.0 Å². The molecule has 1 atom stereocenters. The molecule has 1 heterocycles. The number of nitrogens with one attached hydrogen (secondary N) is 1. The van der Waals surface area contributed by atoms with Gasteiger partial charge in [-0.2, -0.15) is 0 Å². The number of anilines is 1. The number of benzene rings is 2. The molecule has 3 nitrogen and oxygen atoms in total. The summed E-state index contributed by atoms with van der Waals surface area (Å²) in [5.41, 5.74) is 3.34. The summed E-state index contributed by atoms with van der Waals surface area (Å²) < 4.78 is 0. The lowest BCUT2D eigenvalue weighted by atomic mass is 9.97. The first-order valence-corrected chi connectivity index (χ1v) is 9.87. The summed E-state index contributed by atoms with van der Waals surface area (Å²) in [6, 6.07) is 16.8. The van der Waals surface area contributed by atoms with E-state index in [2.05, 4.69) is 60.6 Å². The summed E-state index contributed by atoms with van der Waals surface area (Å²) in [6.45, 7) is 4.02. The Morgan fingerprint density at radius 1 is 1.24 bits per heavy atom. The topological polar surface area (TPSA) is 32.3 Å². The maximum atomic E-state index is 12.5. The molecule has 1 aliphatic rings. The van der Waals surface area contributed by atoms with Crippen LogP contribution in [0.2, 0.25) is 0 Å². The summed E-state index contributed by atoms with van der Waals surface area (Å²) >= 11 is 1.83. The molecule has 0 spiro atoms. The average molecular weight is 355 g/mol. The van der Waals surface area contributed by atoms with Crippen LogP contribution in [0, 0.1) is 12.8 Å². The minimum atomic E-state index is 0.103. The predicted molar refractivity (Wildman–Crippen MR) is 106 cm³/mol. The van der Waals surface area contributed by atoms with Crippen LogP contribution in [0.5, 0.6) is 0 Å². The zero-order chi connectivity index (χ0) is 17.6. The van der Waals surface area contributed by atoms with Crippen molar-refractivity contribution in [2.45, 2.75) is 30.4 Å². The molecule has 0 radical (unpaired) electrons. The summed E-state index contributed by atoms with van der Waals surface area (Å²) in [5.74, 6) is 1.19. The summed E-state index contributed by atoms with van der Waals surface area (Å²) in [5, 5.41) is 3.13. The SMILES string of the molecule is Cc1cc(CSc2ccccc2)ccc1NC(=O)C1CCCN(C)C1. The number of piperidine rings is 1. The maximum absolute atomic E-state index is 12.5. The van der Waals surface area contributed by atoms with Gasteiger partial charge in [0, 0.05) is 22.9 Å². The van der Waals surface area contributed by atoms with Crippen molar-refractivity contribution in [3.63, 3.8) is 0 Å². The number of thioether (sulfide) groups is 1. The van der Waals surface area contributed by atoms with E-state index in [0.29, 0.717) is 0 Å². The van der Waals surface area contributed by atoms with E-state index >= 15 is 0 Å². The maximum Gasteiger partial charge on any atom is 0.228 e. The van der Waals surface area contributed by atoms with Crippen molar-refractivity contribution in [3.05, 3.63) is 59.7 Å². The smallest absolute Gasteiger partial charge is 0.228 e. The number of nitrogens with zero attached hydrogens (tertiary/aromatic N) is 1. The van der Waals surface area contributed by atoms with Gasteiger partial charge in [0.15, 0.2) is 0 Å². The summed E-state index contributed by atoms with van der Waals surface area (Å²) in [4.78, 5) is 16.0. The highest BCUT2D eigenvalue weighted by Gasteiger charge is 2.24. The van der Waals surface area contributed by atoms with Crippen LogP contribution in [0.3, 0.4) is 0 Å². The quantitative estimate of drug-likeness (QED) is 0.799. The molecule has 1 N–H and O–H groups in total. The van der Waals surface area contributed by atoms with Gasteiger partial charge in [-0.25, -0.2) is 0 Å². The number of hydrogen-bond donors (Lipinski definition) is 1. The van der Waals surface area contributed by atoms with Crippen molar-refractivity contribution in [2.75, 3.05) is 25.5 Å². The molecule has 0 aromatic heterocycles. The molecular weight excluding hydrogens is 328 g/mol. The van der Waals surface area contributed by atoms with E-state index in [9.17, 15) is 4.79 Å². The zero-order valence-electron chi connectivity index (χ0n) is 15.0. The van der Waals surface area contributed by atoms with Gasteiger partial charge in [0.2, 0.25) is 5.91 Å².